The number of fused-ring (bicyclic) bond motifs is 1. The van der Waals surface area contributed by atoms with Crippen molar-refractivity contribution in [3.05, 3.63) is 47.1 Å². The van der Waals surface area contributed by atoms with Crippen molar-refractivity contribution in [2.24, 2.45) is 5.16 Å². The number of rotatable bonds is 2. The maximum Gasteiger partial charge on any atom is 0.342 e. The fourth-order valence-corrected chi connectivity index (χ4v) is 2.64. The first-order valence-corrected chi connectivity index (χ1v) is 8.76. The maximum absolute atomic E-state index is 12.5. The summed E-state index contributed by atoms with van der Waals surface area (Å²) in [6.07, 6.45) is 10.4. The molecule has 0 atom stereocenters. The monoisotopic (exact) mass is 359 g/mol. The maximum atomic E-state index is 12.5. The van der Waals surface area contributed by atoms with Gasteiger partial charge in [-0.2, -0.15) is 0 Å². The number of carbonyl (C=O) groups is 1. The summed E-state index contributed by atoms with van der Waals surface area (Å²) in [5, 5.41) is 24.4. The number of carbonyl (C=O) groups excluding carboxylic acids is 1. The highest BCUT2D eigenvalue weighted by molar-refractivity contribution is 6.01. The van der Waals surface area contributed by atoms with Gasteiger partial charge in [-0.15, -0.1) is 0 Å². The van der Waals surface area contributed by atoms with Crippen LogP contribution in [0.4, 0.5) is 0 Å². The first kappa shape index (κ1) is 19.6. The minimum atomic E-state index is -0.620. The molecule has 1 aromatic rings. The third-order valence-electron chi connectivity index (χ3n) is 4.04. The molecule has 2 N–H and O–H groups in total. The molecule has 0 bridgehead atoms. The summed E-state index contributed by atoms with van der Waals surface area (Å²) in [7, 11) is 0. The van der Waals surface area contributed by atoms with E-state index in [1.54, 1.807) is 6.92 Å². The number of hydrogen-bond acceptors (Lipinski definition) is 6. The van der Waals surface area contributed by atoms with Gasteiger partial charge < -0.3 is 19.8 Å². The van der Waals surface area contributed by atoms with Crippen LogP contribution in [-0.2, 0) is 16.0 Å². The van der Waals surface area contributed by atoms with Crippen LogP contribution in [0.15, 0.2) is 35.5 Å². The Labute approximate surface area is 153 Å². The smallest absolute Gasteiger partial charge is 0.342 e. The molecule has 0 fully saturated rings. The number of cyclic esters (lactones) is 1. The van der Waals surface area contributed by atoms with Gasteiger partial charge in [-0.1, -0.05) is 23.4 Å². The predicted octanol–water partition coefficient (Wildman–Crippen LogP) is 3.79. The Balaban J connectivity index is 2.51. The standard InChI is InChI=1S/C20H25NO5/c1-3-26-21-15-10-8-6-4-5-7-9-11-25-20(24)19-16(12-15)14(2)17(22)13-18(19)23/h5,7-8,10,13,22-23H,3-4,6,9,11-12H2,1-2H3/b7-5+,10-8+,21-15-. The minimum Gasteiger partial charge on any atom is -0.508 e. The fourth-order valence-electron chi connectivity index (χ4n) is 2.64. The SMILES string of the molecule is CCO/N=C1/C=C/CC/C=C/CCOC(=O)c2c(O)cc(O)c(C)c2C1. The summed E-state index contributed by atoms with van der Waals surface area (Å²) < 4.78 is 5.28. The van der Waals surface area contributed by atoms with Crippen molar-refractivity contribution in [3.8, 4) is 11.5 Å². The van der Waals surface area contributed by atoms with E-state index in [4.69, 9.17) is 9.57 Å². The number of aromatic hydroxyl groups is 2. The Morgan fingerprint density at radius 1 is 1.15 bits per heavy atom. The Hall–Kier alpha value is -2.76. The van der Waals surface area contributed by atoms with Crippen LogP contribution >= 0.6 is 0 Å². The number of esters is 1. The quantitative estimate of drug-likeness (QED) is 0.476. The number of allylic oxidation sites excluding steroid dienone is 3. The molecular formula is C20H25NO5. The van der Waals surface area contributed by atoms with Gasteiger partial charge >= 0.3 is 5.97 Å². The van der Waals surface area contributed by atoms with Gasteiger partial charge in [0.2, 0.25) is 0 Å². The van der Waals surface area contributed by atoms with Gasteiger partial charge in [0.25, 0.3) is 0 Å². The molecule has 0 spiro atoms. The van der Waals surface area contributed by atoms with E-state index in [0.717, 1.165) is 18.9 Å². The van der Waals surface area contributed by atoms with Crippen molar-refractivity contribution in [2.45, 2.75) is 39.5 Å². The molecule has 0 saturated carbocycles. The molecular weight excluding hydrogens is 334 g/mol. The molecule has 6 heteroatoms. The second-order valence-corrected chi connectivity index (χ2v) is 5.95. The van der Waals surface area contributed by atoms with Gasteiger partial charge in [-0.05, 0) is 50.3 Å². The summed E-state index contributed by atoms with van der Waals surface area (Å²) >= 11 is 0. The van der Waals surface area contributed by atoms with Gasteiger partial charge in [-0.3, -0.25) is 0 Å². The van der Waals surface area contributed by atoms with E-state index in [2.05, 4.69) is 5.16 Å². The summed E-state index contributed by atoms with van der Waals surface area (Å²) in [6, 6.07) is 1.16. The predicted molar refractivity (Wildman–Crippen MR) is 99.7 cm³/mol. The van der Waals surface area contributed by atoms with Gasteiger partial charge in [0.15, 0.2) is 0 Å². The first-order valence-electron chi connectivity index (χ1n) is 8.76. The zero-order valence-electron chi connectivity index (χ0n) is 15.2. The van der Waals surface area contributed by atoms with Crippen molar-refractivity contribution < 1.29 is 24.6 Å². The number of phenolic OH excluding ortho intramolecular Hbond substituents is 2. The van der Waals surface area contributed by atoms with E-state index in [-0.39, 0.29) is 30.1 Å². The molecule has 0 unspecified atom stereocenters. The number of nitrogens with zero attached hydrogens (tertiary/aromatic N) is 1. The summed E-state index contributed by atoms with van der Waals surface area (Å²) in [6.45, 7) is 4.16. The largest absolute Gasteiger partial charge is 0.508 e. The zero-order chi connectivity index (χ0) is 18.9. The van der Waals surface area contributed by atoms with Crippen molar-refractivity contribution >= 4 is 11.7 Å². The Morgan fingerprint density at radius 3 is 2.65 bits per heavy atom. The molecule has 6 nitrogen and oxygen atoms in total. The van der Waals surface area contributed by atoms with Crippen LogP contribution in [0.5, 0.6) is 11.5 Å². The van der Waals surface area contributed by atoms with Gasteiger partial charge in [-0.25, -0.2) is 4.79 Å². The van der Waals surface area contributed by atoms with Gasteiger partial charge in [0.05, 0.1) is 12.3 Å². The third kappa shape index (κ3) is 5.12. The van der Waals surface area contributed by atoms with Crippen LogP contribution in [0, 0.1) is 6.92 Å². The molecule has 1 heterocycles. The van der Waals surface area contributed by atoms with Crippen LogP contribution in [0.2, 0.25) is 0 Å². The van der Waals surface area contributed by atoms with Crippen LogP contribution in [0.3, 0.4) is 0 Å². The average molecular weight is 359 g/mol. The Morgan fingerprint density at radius 2 is 1.88 bits per heavy atom. The third-order valence-corrected chi connectivity index (χ3v) is 4.04. The molecule has 1 aromatic carbocycles. The molecule has 0 amide bonds. The highest BCUT2D eigenvalue weighted by atomic mass is 16.6. The van der Waals surface area contributed by atoms with Crippen LogP contribution in [0.1, 0.15) is 47.7 Å². The number of benzene rings is 1. The van der Waals surface area contributed by atoms with E-state index in [1.165, 1.54) is 0 Å². The van der Waals surface area contributed by atoms with E-state index < -0.39 is 5.97 Å². The lowest BCUT2D eigenvalue weighted by molar-refractivity contribution is 0.0507. The number of oxime groups is 1. The van der Waals surface area contributed by atoms with E-state index in [9.17, 15) is 15.0 Å². The molecule has 0 saturated heterocycles. The van der Waals surface area contributed by atoms with Crippen LogP contribution in [-0.4, -0.2) is 35.1 Å². The molecule has 1 aliphatic heterocycles. The molecule has 1 aliphatic rings. The Kier molecular flexibility index (Phi) is 7.26. The molecule has 2 rings (SSSR count). The summed E-state index contributed by atoms with van der Waals surface area (Å²) in [4.78, 5) is 17.7. The molecule has 0 radical (unpaired) electrons. The highest BCUT2D eigenvalue weighted by Gasteiger charge is 2.23. The topological polar surface area (TPSA) is 88.4 Å². The molecule has 140 valence electrons. The number of ether oxygens (including phenoxy) is 1. The van der Waals surface area contributed by atoms with E-state index >= 15 is 0 Å². The van der Waals surface area contributed by atoms with E-state index in [1.807, 2.05) is 31.2 Å². The lowest BCUT2D eigenvalue weighted by Crippen LogP contribution is -2.14. The second kappa shape index (κ2) is 9.65. The number of phenols is 2. The van der Waals surface area contributed by atoms with Crippen molar-refractivity contribution in [1.82, 2.24) is 0 Å². The second-order valence-electron chi connectivity index (χ2n) is 5.95. The van der Waals surface area contributed by atoms with Crippen molar-refractivity contribution in [1.29, 1.82) is 0 Å². The van der Waals surface area contributed by atoms with Crippen LogP contribution < -0.4 is 0 Å². The zero-order valence-corrected chi connectivity index (χ0v) is 15.2. The molecule has 0 aromatic heterocycles. The van der Waals surface area contributed by atoms with Gasteiger partial charge in [0.1, 0.15) is 23.7 Å². The van der Waals surface area contributed by atoms with Crippen LogP contribution in [0.25, 0.3) is 0 Å². The normalized spacial score (nSPS) is 19.9. The van der Waals surface area contributed by atoms with Gasteiger partial charge in [0, 0.05) is 12.5 Å². The average Bonchev–Trinajstić information content (AvgIpc) is 2.61. The van der Waals surface area contributed by atoms with E-state index in [0.29, 0.717) is 29.9 Å². The molecule has 26 heavy (non-hydrogen) atoms. The number of hydrogen-bond donors (Lipinski definition) is 2. The lowest BCUT2D eigenvalue weighted by atomic mass is 9.94. The summed E-state index contributed by atoms with van der Waals surface area (Å²) in [5.74, 6) is -1.01. The lowest BCUT2D eigenvalue weighted by Gasteiger charge is -2.15. The molecule has 0 aliphatic carbocycles. The van der Waals surface area contributed by atoms with Crippen molar-refractivity contribution in [3.63, 3.8) is 0 Å². The first-order chi connectivity index (χ1) is 12.5. The van der Waals surface area contributed by atoms with Crippen molar-refractivity contribution in [2.75, 3.05) is 13.2 Å². The summed E-state index contributed by atoms with van der Waals surface area (Å²) in [5.41, 5.74) is 1.62. The fraction of sp³-hybridized carbons (Fsp3) is 0.400. The minimum absolute atomic E-state index is 0.0546. The highest BCUT2D eigenvalue weighted by Crippen LogP contribution is 2.33. The Bertz CT molecular complexity index is 734.